The number of rotatable bonds is 4. The third kappa shape index (κ3) is 3.39. The zero-order chi connectivity index (χ0) is 18.1. The van der Waals surface area contributed by atoms with Crippen LogP contribution in [0, 0.1) is 6.92 Å². The molecule has 1 aliphatic rings. The lowest BCUT2D eigenvalue weighted by atomic mass is 9.95. The van der Waals surface area contributed by atoms with Gasteiger partial charge in [0.25, 0.3) is 0 Å². The fraction of sp³-hybridized carbons (Fsp3) is 0.474. The molecule has 1 aromatic heterocycles. The fourth-order valence-electron chi connectivity index (χ4n) is 3.37. The van der Waals surface area contributed by atoms with E-state index in [1.165, 1.54) is 10.5 Å². The van der Waals surface area contributed by atoms with Crippen LogP contribution in [0.15, 0.2) is 22.8 Å². The summed E-state index contributed by atoms with van der Waals surface area (Å²) < 4.78 is 10.8. The molecule has 6 nitrogen and oxygen atoms in total. The zero-order valence-corrected chi connectivity index (χ0v) is 14.7. The van der Waals surface area contributed by atoms with Gasteiger partial charge in [-0.1, -0.05) is 13.8 Å². The van der Waals surface area contributed by atoms with Crippen LogP contribution in [0.5, 0.6) is 0 Å². The highest BCUT2D eigenvalue weighted by Crippen LogP contribution is 2.29. The lowest BCUT2D eigenvalue weighted by Gasteiger charge is -2.32. The number of benzene rings is 1. The van der Waals surface area contributed by atoms with Crippen molar-refractivity contribution in [2.24, 2.45) is 0 Å². The Morgan fingerprint density at radius 3 is 2.80 bits per heavy atom. The number of carboxylic acids is 1. The smallest absolute Gasteiger partial charge is 0.328 e. The number of aryl methyl sites for hydroxylation is 1. The molecule has 25 heavy (non-hydrogen) atoms. The van der Waals surface area contributed by atoms with Crippen LogP contribution in [-0.4, -0.2) is 47.7 Å². The van der Waals surface area contributed by atoms with Gasteiger partial charge in [0, 0.05) is 17.5 Å². The van der Waals surface area contributed by atoms with Gasteiger partial charge in [0.15, 0.2) is 6.04 Å². The average molecular weight is 345 g/mol. The van der Waals surface area contributed by atoms with Gasteiger partial charge in [0.1, 0.15) is 5.58 Å². The summed E-state index contributed by atoms with van der Waals surface area (Å²) in [6.07, 6.45) is 1.72. The van der Waals surface area contributed by atoms with Crippen molar-refractivity contribution in [1.82, 2.24) is 4.90 Å². The van der Waals surface area contributed by atoms with E-state index in [-0.39, 0.29) is 18.9 Å². The van der Waals surface area contributed by atoms with Gasteiger partial charge in [-0.25, -0.2) is 4.79 Å². The summed E-state index contributed by atoms with van der Waals surface area (Å²) in [6, 6.07) is 3.15. The summed E-state index contributed by atoms with van der Waals surface area (Å²) in [5.74, 6) is -0.883. The van der Waals surface area contributed by atoms with Crippen LogP contribution in [0.1, 0.15) is 36.5 Å². The van der Waals surface area contributed by atoms with Crippen molar-refractivity contribution in [3.63, 3.8) is 0 Å². The first kappa shape index (κ1) is 17.5. The second-order valence-electron chi connectivity index (χ2n) is 6.81. The number of carboxylic acid groups (broad SMARTS) is 1. The summed E-state index contributed by atoms with van der Waals surface area (Å²) in [4.78, 5) is 25.4. The predicted molar refractivity (Wildman–Crippen MR) is 92.7 cm³/mol. The Balaban J connectivity index is 1.88. The van der Waals surface area contributed by atoms with Crippen LogP contribution in [0.25, 0.3) is 11.0 Å². The van der Waals surface area contributed by atoms with Crippen LogP contribution in [-0.2, 0) is 20.7 Å². The number of fused-ring (bicyclic) bond motifs is 1. The molecule has 2 aromatic rings. The van der Waals surface area contributed by atoms with Gasteiger partial charge in [0.05, 0.1) is 25.9 Å². The van der Waals surface area contributed by atoms with Crippen LogP contribution < -0.4 is 0 Å². The van der Waals surface area contributed by atoms with Crippen LogP contribution >= 0.6 is 0 Å². The minimum absolute atomic E-state index is 0.0316. The highest BCUT2D eigenvalue weighted by Gasteiger charge is 2.33. The zero-order valence-electron chi connectivity index (χ0n) is 14.7. The van der Waals surface area contributed by atoms with Gasteiger partial charge in [-0.3, -0.25) is 4.79 Å². The molecule has 1 atom stereocenters. The Morgan fingerprint density at radius 2 is 2.12 bits per heavy atom. The monoisotopic (exact) mass is 345 g/mol. The number of amides is 1. The van der Waals surface area contributed by atoms with E-state index in [9.17, 15) is 14.7 Å². The first-order valence-electron chi connectivity index (χ1n) is 8.49. The van der Waals surface area contributed by atoms with Crippen molar-refractivity contribution < 1.29 is 23.8 Å². The number of carbonyl (C=O) groups is 2. The molecular formula is C19H23NO5. The minimum Gasteiger partial charge on any atom is -0.480 e. The number of carbonyl (C=O) groups excluding carboxylic acids is 1. The molecule has 0 spiro atoms. The standard InChI is InChI=1S/C19H23NO5/c1-11(2)14-8-15-13(9-25-17(15)6-12(14)3)7-18(21)20-4-5-24-10-16(20)19(22)23/h6,8-9,11,16H,4-5,7,10H2,1-3H3,(H,22,23). The number of hydrogen-bond donors (Lipinski definition) is 1. The maximum Gasteiger partial charge on any atom is 0.328 e. The number of nitrogens with zero attached hydrogens (tertiary/aromatic N) is 1. The van der Waals surface area contributed by atoms with E-state index in [4.69, 9.17) is 9.15 Å². The molecule has 6 heteroatoms. The predicted octanol–water partition coefficient (Wildman–Crippen LogP) is 2.72. The van der Waals surface area contributed by atoms with Gasteiger partial charge in [-0.15, -0.1) is 0 Å². The first-order valence-corrected chi connectivity index (χ1v) is 8.49. The Bertz CT molecular complexity index is 807. The molecule has 0 bridgehead atoms. The molecule has 1 amide bonds. The molecular weight excluding hydrogens is 322 g/mol. The molecule has 134 valence electrons. The van der Waals surface area contributed by atoms with Gasteiger partial charge in [-0.2, -0.15) is 0 Å². The highest BCUT2D eigenvalue weighted by molar-refractivity contribution is 5.90. The summed E-state index contributed by atoms with van der Waals surface area (Å²) in [7, 11) is 0. The molecule has 1 saturated heterocycles. The quantitative estimate of drug-likeness (QED) is 0.921. The number of morpholine rings is 1. The topological polar surface area (TPSA) is 80.0 Å². The van der Waals surface area contributed by atoms with E-state index in [2.05, 4.69) is 19.9 Å². The Labute approximate surface area is 146 Å². The summed E-state index contributed by atoms with van der Waals surface area (Å²) in [5.41, 5.74) is 3.92. The van der Waals surface area contributed by atoms with Crippen molar-refractivity contribution in [1.29, 1.82) is 0 Å². The summed E-state index contributed by atoms with van der Waals surface area (Å²) >= 11 is 0. The Morgan fingerprint density at radius 1 is 1.36 bits per heavy atom. The maximum absolute atomic E-state index is 12.7. The number of aliphatic carboxylic acids is 1. The molecule has 1 aromatic carbocycles. The van der Waals surface area contributed by atoms with E-state index >= 15 is 0 Å². The van der Waals surface area contributed by atoms with Crippen LogP contribution in [0.3, 0.4) is 0 Å². The molecule has 2 heterocycles. The summed E-state index contributed by atoms with van der Waals surface area (Å²) in [5, 5.41) is 10.2. The van der Waals surface area contributed by atoms with Crippen molar-refractivity contribution in [2.45, 2.75) is 39.2 Å². The lowest BCUT2D eigenvalue weighted by Crippen LogP contribution is -2.53. The minimum atomic E-state index is -1.04. The van der Waals surface area contributed by atoms with Gasteiger partial charge in [-0.05, 0) is 36.1 Å². The third-order valence-electron chi connectivity index (χ3n) is 4.74. The van der Waals surface area contributed by atoms with Crippen LogP contribution in [0.2, 0.25) is 0 Å². The van der Waals surface area contributed by atoms with E-state index < -0.39 is 12.0 Å². The van der Waals surface area contributed by atoms with E-state index in [0.29, 0.717) is 19.1 Å². The Hall–Kier alpha value is -2.34. The van der Waals surface area contributed by atoms with Gasteiger partial charge in [0.2, 0.25) is 5.91 Å². The molecule has 1 aliphatic heterocycles. The molecule has 0 radical (unpaired) electrons. The van der Waals surface area contributed by atoms with Crippen molar-refractivity contribution in [3.8, 4) is 0 Å². The summed E-state index contributed by atoms with van der Waals surface area (Å²) in [6.45, 7) is 6.99. The maximum atomic E-state index is 12.7. The fourth-order valence-corrected chi connectivity index (χ4v) is 3.37. The molecule has 1 unspecified atom stereocenters. The van der Waals surface area contributed by atoms with Gasteiger partial charge >= 0.3 is 5.97 Å². The lowest BCUT2D eigenvalue weighted by molar-refractivity contribution is -0.157. The van der Waals surface area contributed by atoms with Crippen LogP contribution in [0.4, 0.5) is 0 Å². The Kier molecular flexibility index (Phi) is 4.81. The number of hydrogen-bond acceptors (Lipinski definition) is 4. The second-order valence-corrected chi connectivity index (χ2v) is 6.81. The molecule has 1 fully saturated rings. The largest absolute Gasteiger partial charge is 0.480 e. The molecule has 0 aliphatic carbocycles. The van der Waals surface area contributed by atoms with E-state index in [1.807, 2.05) is 13.0 Å². The number of ether oxygens (including phenoxy) is 1. The average Bonchev–Trinajstić information content (AvgIpc) is 2.95. The molecule has 3 rings (SSSR count). The number of furan rings is 1. The van der Waals surface area contributed by atoms with Gasteiger partial charge < -0.3 is 19.2 Å². The van der Waals surface area contributed by atoms with E-state index in [1.54, 1.807) is 6.26 Å². The normalized spacial score (nSPS) is 18.1. The first-order chi connectivity index (χ1) is 11.9. The van der Waals surface area contributed by atoms with Crippen molar-refractivity contribution in [3.05, 3.63) is 35.1 Å². The SMILES string of the molecule is Cc1cc2occ(CC(=O)N3CCOCC3C(=O)O)c2cc1C(C)C. The van der Waals surface area contributed by atoms with Crippen molar-refractivity contribution >= 4 is 22.8 Å². The molecule has 1 N–H and O–H groups in total. The van der Waals surface area contributed by atoms with Crippen molar-refractivity contribution in [2.75, 3.05) is 19.8 Å². The third-order valence-corrected chi connectivity index (χ3v) is 4.74. The van der Waals surface area contributed by atoms with E-state index in [0.717, 1.165) is 22.1 Å². The molecule has 0 saturated carbocycles. The second kappa shape index (κ2) is 6.88. The highest BCUT2D eigenvalue weighted by atomic mass is 16.5.